The highest BCUT2D eigenvalue weighted by Crippen LogP contribution is 2.22. The molecule has 2 aromatic carbocycles. The van der Waals surface area contributed by atoms with Crippen molar-refractivity contribution < 1.29 is 24.3 Å². The van der Waals surface area contributed by atoms with Gasteiger partial charge in [0.15, 0.2) is 0 Å². The van der Waals surface area contributed by atoms with Gasteiger partial charge in [-0.3, -0.25) is 15.1 Å². The molecule has 0 saturated carbocycles. The number of aliphatic hydroxyl groups is 1. The molecule has 0 spiro atoms. The highest BCUT2D eigenvalue weighted by Gasteiger charge is 2.17. The highest BCUT2D eigenvalue weighted by molar-refractivity contribution is 6.15. The predicted molar refractivity (Wildman–Crippen MR) is 105 cm³/mol. The molecule has 2 aromatic rings. The summed E-state index contributed by atoms with van der Waals surface area (Å²) in [5, 5.41) is 21.3. The maximum atomic E-state index is 12.2. The molecular weight excluding hydrogens is 364 g/mol. The second-order valence-corrected chi connectivity index (χ2v) is 5.47. The molecule has 8 heteroatoms. The van der Waals surface area contributed by atoms with E-state index in [0.717, 1.165) is 0 Å². The number of aliphatic hydroxyl groups excluding tert-OH is 1. The van der Waals surface area contributed by atoms with Crippen molar-refractivity contribution in [3.8, 4) is 5.75 Å². The van der Waals surface area contributed by atoms with Crippen molar-refractivity contribution in [2.24, 2.45) is 4.99 Å². The monoisotopic (exact) mass is 384 g/mol. The van der Waals surface area contributed by atoms with Gasteiger partial charge in [-0.25, -0.2) is 4.79 Å². The summed E-state index contributed by atoms with van der Waals surface area (Å²) < 4.78 is 10.3. The van der Waals surface area contributed by atoms with Gasteiger partial charge in [0.1, 0.15) is 17.1 Å². The van der Waals surface area contributed by atoms with Gasteiger partial charge in [-0.15, -0.1) is 0 Å². The Hall–Kier alpha value is -3.68. The molecule has 0 fully saturated rings. The van der Waals surface area contributed by atoms with E-state index in [4.69, 9.17) is 9.47 Å². The fourth-order valence-corrected chi connectivity index (χ4v) is 2.25. The van der Waals surface area contributed by atoms with Crippen LogP contribution in [0, 0.1) is 10.1 Å². The number of carbonyl (C=O) groups is 1. The Kier molecular flexibility index (Phi) is 7.27. The molecule has 0 aliphatic carbocycles. The van der Waals surface area contributed by atoms with Gasteiger partial charge in [-0.05, 0) is 50.2 Å². The lowest BCUT2D eigenvalue weighted by Crippen LogP contribution is -2.11. The molecule has 0 radical (unpaired) electrons. The SMILES string of the molecule is CCOC(=O)/C(C=Nc1ccc(OCC)cc1)=C(/O)c1ccc([N+](=O)[O-])cc1. The molecule has 0 saturated heterocycles. The molecule has 0 heterocycles. The number of rotatable bonds is 8. The minimum absolute atomic E-state index is 0.118. The molecule has 0 amide bonds. The first-order valence-corrected chi connectivity index (χ1v) is 8.58. The number of benzene rings is 2. The molecule has 0 atom stereocenters. The van der Waals surface area contributed by atoms with Gasteiger partial charge in [0, 0.05) is 23.9 Å². The van der Waals surface area contributed by atoms with Crippen molar-refractivity contribution in [3.05, 3.63) is 69.8 Å². The summed E-state index contributed by atoms with van der Waals surface area (Å²) in [6.07, 6.45) is 1.20. The van der Waals surface area contributed by atoms with Crippen molar-refractivity contribution in [2.45, 2.75) is 13.8 Å². The van der Waals surface area contributed by atoms with E-state index < -0.39 is 10.9 Å². The zero-order valence-electron chi connectivity index (χ0n) is 15.5. The van der Waals surface area contributed by atoms with Crippen LogP contribution in [0.25, 0.3) is 5.76 Å². The molecule has 0 unspecified atom stereocenters. The number of carbonyl (C=O) groups excluding carboxylic acids is 1. The van der Waals surface area contributed by atoms with Crippen molar-refractivity contribution >= 4 is 29.3 Å². The quantitative estimate of drug-likeness (QED) is 0.182. The van der Waals surface area contributed by atoms with Crippen LogP contribution in [0.15, 0.2) is 59.1 Å². The van der Waals surface area contributed by atoms with Gasteiger partial charge >= 0.3 is 5.97 Å². The number of non-ortho nitro benzene ring substituents is 1. The Morgan fingerprint density at radius 1 is 1.11 bits per heavy atom. The first kappa shape index (κ1) is 20.6. The lowest BCUT2D eigenvalue weighted by atomic mass is 10.1. The number of hydrogen-bond donors (Lipinski definition) is 1. The van der Waals surface area contributed by atoms with Crippen LogP contribution in [0.1, 0.15) is 19.4 Å². The van der Waals surface area contributed by atoms with Crippen molar-refractivity contribution in [1.82, 2.24) is 0 Å². The Labute approximate surface area is 161 Å². The van der Waals surface area contributed by atoms with E-state index >= 15 is 0 Å². The van der Waals surface area contributed by atoms with Crippen LogP contribution in [-0.2, 0) is 9.53 Å². The van der Waals surface area contributed by atoms with E-state index in [-0.39, 0.29) is 29.2 Å². The topological polar surface area (TPSA) is 111 Å². The molecule has 0 aromatic heterocycles. The predicted octanol–water partition coefficient (Wildman–Crippen LogP) is 4.23. The fourth-order valence-electron chi connectivity index (χ4n) is 2.25. The van der Waals surface area contributed by atoms with Crippen LogP contribution in [0.3, 0.4) is 0 Å². The average Bonchev–Trinajstić information content (AvgIpc) is 2.69. The average molecular weight is 384 g/mol. The number of ether oxygens (including phenoxy) is 2. The van der Waals surface area contributed by atoms with E-state index in [1.165, 1.54) is 30.5 Å². The largest absolute Gasteiger partial charge is 0.506 e. The summed E-state index contributed by atoms with van der Waals surface area (Å²) in [5.74, 6) is -0.451. The summed E-state index contributed by atoms with van der Waals surface area (Å²) in [6, 6.07) is 12.0. The van der Waals surface area contributed by atoms with E-state index in [9.17, 15) is 20.0 Å². The van der Waals surface area contributed by atoms with E-state index in [2.05, 4.69) is 4.99 Å². The molecule has 8 nitrogen and oxygen atoms in total. The molecule has 0 aliphatic rings. The summed E-state index contributed by atoms with van der Waals surface area (Å²) in [6.45, 7) is 4.18. The first-order chi connectivity index (χ1) is 13.5. The molecular formula is C20H20N2O6. The number of esters is 1. The second kappa shape index (κ2) is 9.86. The maximum absolute atomic E-state index is 12.2. The van der Waals surface area contributed by atoms with Crippen LogP contribution in [0.5, 0.6) is 5.75 Å². The summed E-state index contributed by atoms with van der Waals surface area (Å²) in [4.78, 5) is 26.6. The number of hydrogen-bond acceptors (Lipinski definition) is 7. The maximum Gasteiger partial charge on any atom is 0.343 e. The number of aliphatic imine (C=N–C) groups is 1. The third kappa shape index (κ3) is 5.41. The van der Waals surface area contributed by atoms with Gasteiger partial charge in [-0.1, -0.05) is 0 Å². The van der Waals surface area contributed by atoms with E-state index in [1.807, 2.05) is 6.92 Å². The molecule has 146 valence electrons. The normalized spacial score (nSPS) is 11.8. The van der Waals surface area contributed by atoms with Crippen LogP contribution >= 0.6 is 0 Å². The summed E-state index contributed by atoms with van der Waals surface area (Å²) in [7, 11) is 0. The third-order valence-corrected chi connectivity index (χ3v) is 3.59. The number of nitro benzene ring substituents is 1. The standard InChI is InChI=1S/C20H20N2O6/c1-3-27-17-11-7-15(8-12-17)21-13-18(20(24)28-4-2)19(23)14-5-9-16(10-6-14)22(25)26/h5-13,23H,3-4H2,1-2H3/b19-18+,21-13?. The number of nitro groups is 1. The van der Waals surface area contributed by atoms with Crippen molar-refractivity contribution in [3.63, 3.8) is 0 Å². The summed E-state index contributed by atoms with van der Waals surface area (Å²) >= 11 is 0. The van der Waals surface area contributed by atoms with Gasteiger partial charge in [0.2, 0.25) is 0 Å². The Balaban J connectivity index is 2.35. The number of nitrogens with zero attached hydrogens (tertiary/aromatic N) is 2. The second-order valence-electron chi connectivity index (χ2n) is 5.47. The van der Waals surface area contributed by atoms with Crippen LogP contribution in [-0.4, -0.2) is 35.4 Å². The minimum atomic E-state index is -0.756. The van der Waals surface area contributed by atoms with Crippen LogP contribution in [0.4, 0.5) is 11.4 Å². The lowest BCUT2D eigenvalue weighted by molar-refractivity contribution is -0.384. The minimum Gasteiger partial charge on any atom is -0.506 e. The highest BCUT2D eigenvalue weighted by atomic mass is 16.6. The molecule has 1 N–H and O–H groups in total. The third-order valence-electron chi connectivity index (χ3n) is 3.59. The Morgan fingerprint density at radius 2 is 1.75 bits per heavy atom. The fraction of sp³-hybridized carbons (Fsp3) is 0.200. The van der Waals surface area contributed by atoms with Crippen molar-refractivity contribution in [2.75, 3.05) is 13.2 Å². The Bertz CT molecular complexity index is 886. The van der Waals surface area contributed by atoms with E-state index in [1.54, 1.807) is 31.2 Å². The molecule has 0 bridgehead atoms. The summed E-state index contributed by atoms with van der Waals surface area (Å²) in [5.41, 5.74) is 0.482. The zero-order chi connectivity index (χ0) is 20.5. The van der Waals surface area contributed by atoms with Crippen LogP contribution < -0.4 is 4.74 Å². The van der Waals surface area contributed by atoms with Crippen molar-refractivity contribution in [1.29, 1.82) is 0 Å². The molecule has 2 rings (SSSR count). The van der Waals surface area contributed by atoms with Gasteiger partial charge in [-0.2, -0.15) is 0 Å². The van der Waals surface area contributed by atoms with Gasteiger partial charge in [0.25, 0.3) is 5.69 Å². The van der Waals surface area contributed by atoms with Crippen LogP contribution in [0.2, 0.25) is 0 Å². The van der Waals surface area contributed by atoms with Gasteiger partial charge < -0.3 is 14.6 Å². The lowest BCUT2D eigenvalue weighted by Gasteiger charge is -2.07. The Morgan fingerprint density at radius 3 is 2.29 bits per heavy atom. The molecule has 28 heavy (non-hydrogen) atoms. The van der Waals surface area contributed by atoms with E-state index in [0.29, 0.717) is 18.0 Å². The first-order valence-electron chi connectivity index (χ1n) is 8.58. The smallest absolute Gasteiger partial charge is 0.343 e. The van der Waals surface area contributed by atoms with Gasteiger partial charge in [0.05, 0.1) is 23.8 Å². The molecule has 0 aliphatic heterocycles. The zero-order valence-corrected chi connectivity index (χ0v) is 15.5.